The van der Waals surface area contributed by atoms with Crippen molar-refractivity contribution in [1.29, 1.82) is 0 Å². The van der Waals surface area contributed by atoms with Crippen LogP contribution >= 0.6 is 11.6 Å². The lowest BCUT2D eigenvalue weighted by Gasteiger charge is -2.06. The van der Waals surface area contributed by atoms with Crippen molar-refractivity contribution in [1.82, 2.24) is 20.1 Å². The molecule has 0 radical (unpaired) electrons. The quantitative estimate of drug-likeness (QED) is 0.941. The lowest BCUT2D eigenvalue weighted by molar-refractivity contribution is -0.122. The smallest absolute Gasteiger partial charge is 0.224 e. The Labute approximate surface area is 133 Å². The van der Waals surface area contributed by atoms with Gasteiger partial charge in [0.1, 0.15) is 5.82 Å². The largest absolute Gasteiger partial charge is 0.349 e. The highest BCUT2D eigenvalue weighted by atomic mass is 35.5. The molecule has 6 heteroatoms. The van der Waals surface area contributed by atoms with Crippen molar-refractivity contribution in [3.05, 3.63) is 46.5 Å². The highest BCUT2D eigenvalue weighted by Crippen LogP contribution is 2.47. The Balaban J connectivity index is 1.36. The molecule has 1 aliphatic carbocycles. The van der Waals surface area contributed by atoms with Gasteiger partial charge < -0.3 is 9.88 Å². The molecule has 4 rings (SSSR count). The Morgan fingerprint density at radius 2 is 2.32 bits per heavy atom. The normalized spacial score (nSPS) is 22.4. The van der Waals surface area contributed by atoms with E-state index in [2.05, 4.69) is 20.1 Å². The Bertz CT molecular complexity index is 727. The molecule has 114 valence electrons. The van der Waals surface area contributed by atoms with E-state index in [4.69, 9.17) is 11.6 Å². The first kappa shape index (κ1) is 13.8. The lowest BCUT2D eigenvalue weighted by atomic mass is 10.1. The van der Waals surface area contributed by atoms with Crippen LogP contribution < -0.4 is 5.32 Å². The number of hydrogen-bond acceptors (Lipinski definition) is 3. The summed E-state index contributed by atoms with van der Waals surface area (Å²) < 4.78 is 2.11. The number of fused-ring (bicyclic) bond motifs is 1. The van der Waals surface area contributed by atoms with E-state index < -0.39 is 0 Å². The lowest BCUT2D eigenvalue weighted by Crippen LogP contribution is -2.26. The van der Waals surface area contributed by atoms with E-state index >= 15 is 0 Å². The maximum atomic E-state index is 12.3. The van der Waals surface area contributed by atoms with Crippen LogP contribution in [0.1, 0.15) is 36.0 Å². The van der Waals surface area contributed by atoms with Gasteiger partial charge in [-0.1, -0.05) is 23.7 Å². The third kappa shape index (κ3) is 2.50. The molecule has 2 aliphatic rings. The summed E-state index contributed by atoms with van der Waals surface area (Å²) in [6.45, 7) is 1.42. The molecule has 1 amide bonds. The second-order valence-corrected chi connectivity index (χ2v) is 6.45. The van der Waals surface area contributed by atoms with Crippen LogP contribution in [-0.4, -0.2) is 20.7 Å². The second-order valence-electron chi connectivity index (χ2n) is 6.01. The van der Waals surface area contributed by atoms with E-state index in [0.717, 1.165) is 48.0 Å². The van der Waals surface area contributed by atoms with Gasteiger partial charge in [0.2, 0.25) is 5.91 Å². The van der Waals surface area contributed by atoms with Gasteiger partial charge in [-0.05, 0) is 36.5 Å². The number of carbonyl (C=O) groups excluding carboxylic acids is 1. The minimum Gasteiger partial charge on any atom is -0.349 e. The number of rotatable bonds is 4. The molecule has 2 heterocycles. The monoisotopic (exact) mass is 316 g/mol. The zero-order valence-electron chi connectivity index (χ0n) is 12.1. The SMILES string of the molecule is O=C(NCc1nnc2n1CCC2)[C@H]1C[C@H]1c1cccc(Cl)c1. The predicted octanol–water partition coefficient (Wildman–Crippen LogP) is 2.30. The van der Waals surface area contributed by atoms with Crippen LogP contribution in [0.3, 0.4) is 0 Å². The number of benzene rings is 1. The van der Waals surface area contributed by atoms with Crippen molar-refractivity contribution < 1.29 is 4.79 Å². The first-order chi connectivity index (χ1) is 10.7. The molecule has 1 N–H and O–H groups in total. The van der Waals surface area contributed by atoms with E-state index in [1.54, 1.807) is 0 Å². The molecule has 2 aromatic rings. The van der Waals surface area contributed by atoms with Crippen LogP contribution in [0.15, 0.2) is 24.3 Å². The molecule has 0 saturated heterocycles. The molecular weight excluding hydrogens is 300 g/mol. The van der Waals surface area contributed by atoms with Gasteiger partial charge in [-0.2, -0.15) is 0 Å². The number of nitrogens with one attached hydrogen (secondary N) is 1. The minimum absolute atomic E-state index is 0.0550. The average Bonchev–Trinajstić information content (AvgIpc) is 3.02. The summed E-state index contributed by atoms with van der Waals surface area (Å²) in [5.41, 5.74) is 1.15. The number of hydrogen-bond donors (Lipinski definition) is 1. The number of nitrogens with zero attached hydrogens (tertiary/aromatic N) is 3. The van der Waals surface area contributed by atoms with Crippen LogP contribution in [0.4, 0.5) is 0 Å². The molecular formula is C16H17ClN4O. The minimum atomic E-state index is 0.0550. The standard InChI is InChI=1S/C16H17ClN4O/c17-11-4-1-3-10(7-11)12-8-13(12)16(22)18-9-15-20-19-14-5-2-6-21(14)15/h1,3-4,7,12-13H,2,5-6,8-9H2,(H,18,22)/t12-,13-/m0/s1. The van der Waals surface area contributed by atoms with Crippen molar-refractivity contribution in [2.75, 3.05) is 0 Å². The molecule has 1 aliphatic heterocycles. The highest BCUT2D eigenvalue weighted by molar-refractivity contribution is 6.30. The Morgan fingerprint density at radius 3 is 3.18 bits per heavy atom. The van der Waals surface area contributed by atoms with Crippen molar-refractivity contribution in [2.45, 2.75) is 38.3 Å². The highest BCUT2D eigenvalue weighted by Gasteiger charge is 2.43. The van der Waals surface area contributed by atoms with Gasteiger partial charge in [0.05, 0.1) is 6.54 Å². The van der Waals surface area contributed by atoms with Gasteiger partial charge in [0, 0.05) is 23.9 Å². The van der Waals surface area contributed by atoms with Crippen molar-refractivity contribution in [3.63, 3.8) is 0 Å². The summed E-state index contributed by atoms with van der Waals surface area (Å²) in [7, 11) is 0. The fraction of sp³-hybridized carbons (Fsp3) is 0.438. The fourth-order valence-electron chi connectivity index (χ4n) is 3.23. The van der Waals surface area contributed by atoms with Gasteiger partial charge in [-0.25, -0.2) is 0 Å². The van der Waals surface area contributed by atoms with Crippen LogP contribution in [0.25, 0.3) is 0 Å². The van der Waals surface area contributed by atoms with Gasteiger partial charge in [0.25, 0.3) is 0 Å². The van der Waals surface area contributed by atoms with Crippen LogP contribution in [0, 0.1) is 5.92 Å². The number of amides is 1. The predicted molar refractivity (Wildman–Crippen MR) is 82.5 cm³/mol. The van der Waals surface area contributed by atoms with E-state index in [1.807, 2.05) is 24.3 Å². The van der Waals surface area contributed by atoms with E-state index in [9.17, 15) is 4.79 Å². The average molecular weight is 317 g/mol. The third-order valence-corrected chi connectivity index (χ3v) is 4.75. The van der Waals surface area contributed by atoms with Gasteiger partial charge in [0.15, 0.2) is 5.82 Å². The molecule has 2 atom stereocenters. The number of carbonyl (C=O) groups is 1. The Hall–Kier alpha value is -1.88. The number of aryl methyl sites for hydroxylation is 1. The summed E-state index contributed by atoms with van der Waals surface area (Å²) >= 11 is 6.01. The summed E-state index contributed by atoms with van der Waals surface area (Å²) in [5.74, 6) is 2.34. The first-order valence-electron chi connectivity index (χ1n) is 7.66. The third-order valence-electron chi connectivity index (χ3n) is 4.51. The summed E-state index contributed by atoms with van der Waals surface area (Å²) in [6.07, 6.45) is 3.00. The summed E-state index contributed by atoms with van der Waals surface area (Å²) in [6, 6.07) is 7.78. The maximum Gasteiger partial charge on any atom is 0.224 e. The van der Waals surface area contributed by atoms with E-state index in [0.29, 0.717) is 12.5 Å². The molecule has 1 aromatic carbocycles. The van der Waals surface area contributed by atoms with Crippen LogP contribution in [0.2, 0.25) is 5.02 Å². The molecule has 1 fully saturated rings. The molecule has 0 unspecified atom stereocenters. The zero-order chi connectivity index (χ0) is 15.1. The van der Waals surface area contributed by atoms with Crippen molar-refractivity contribution >= 4 is 17.5 Å². The van der Waals surface area contributed by atoms with Gasteiger partial charge in [-0.15, -0.1) is 10.2 Å². The zero-order valence-corrected chi connectivity index (χ0v) is 12.9. The summed E-state index contributed by atoms with van der Waals surface area (Å²) in [5, 5.41) is 12.0. The Kier molecular flexibility index (Phi) is 3.37. The Morgan fingerprint density at radius 1 is 1.41 bits per heavy atom. The number of halogens is 1. The molecule has 0 spiro atoms. The van der Waals surface area contributed by atoms with Crippen LogP contribution in [-0.2, 0) is 24.3 Å². The number of aromatic nitrogens is 3. The van der Waals surface area contributed by atoms with Gasteiger partial charge in [-0.3, -0.25) is 4.79 Å². The molecule has 5 nitrogen and oxygen atoms in total. The summed E-state index contributed by atoms with van der Waals surface area (Å²) in [4.78, 5) is 12.3. The maximum absolute atomic E-state index is 12.3. The van der Waals surface area contributed by atoms with Crippen molar-refractivity contribution in [2.24, 2.45) is 5.92 Å². The van der Waals surface area contributed by atoms with Crippen molar-refractivity contribution in [3.8, 4) is 0 Å². The second kappa shape index (κ2) is 5.39. The first-order valence-corrected chi connectivity index (χ1v) is 8.04. The molecule has 1 saturated carbocycles. The van der Waals surface area contributed by atoms with E-state index in [1.165, 1.54) is 0 Å². The fourth-order valence-corrected chi connectivity index (χ4v) is 3.43. The van der Waals surface area contributed by atoms with Crippen LogP contribution in [0.5, 0.6) is 0 Å². The van der Waals surface area contributed by atoms with E-state index in [-0.39, 0.29) is 11.8 Å². The van der Waals surface area contributed by atoms with Gasteiger partial charge >= 0.3 is 0 Å². The molecule has 1 aromatic heterocycles. The molecule has 22 heavy (non-hydrogen) atoms. The molecule has 0 bridgehead atoms. The topological polar surface area (TPSA) is 59.8 Å².